The molecule has 1 fully saturated rings. The zero-order valence-electron chi connectivity index (χ0n) is 18.0. The summed E-state index contributed by atoms with van der Waals surface area (Å²) in [7, 11) is -4.01. The third kappa shape index (κ3) is 4.19. The predicted molar refractivity (Wildman–Crippen MR) is 125 cm³/mol. The van der Waals surface area contributed by atoms with E-state index in [0.29, 0.717) is 34.7 Å². The van der Waals surface area contributed by atoms with Gasteiger partial charge in [0.05, 0.1) is 5.30 Å². The summed E-state index contributed by atoms with van der Waals surface area (Å²) in [4.78, 5) is 10.9. The van der Waals surface area contributed by atoms with Gasteiger partial charge in [0.1, 0.15) is 5.75 Å². The van der Waals surface area contributed by atoms with Crippen LogP contribution in [-0.2, 0) is 4.57 Å². The van der Waals surface area contributed by atoms with Gasteiger partial charge in [-0.15, -0.1) is 0 Å². The van der Waals surface area contributed by atoms with Crippen LogP contribution in [0.1, 0.15) is 51.5 Å². The lowest BCUT2D eigenvalue weighted by Gasteiger charge is -2.38. The van der Waals surface area contributed by atoms with Gasteiger partial charge in [0.2, 0.25) is 0 Å². The summed E-state index contributed by atoms with van der Waals surface area (Å²) in [6.45, 7) is 6.89. The molecule has 1 aliphatic rings. The predicted octanol–water partition coefficient (Wildman–Crippen LogP) is 6.91. The average Bonchev–Trinajstić information content (AvgIpc) is 2.74. The molecule has 0 saturated heterocycles. The Kier molecular flexibility index (Phi) is 6.04. The van der Waals surface area contributed by atoms with Crippen molar-refractivity contribution in [1.29, 1.82) is 0 Å². The molecule has 0 spiro atoms. The highest BCUT2D eigenvalue weighted by Gasteiger charge is 2.35. The van der Waals surface area contributed by atoms with Gasteiger partial charge in [0, 0.05) is 5.39 Å². The van der Waals surface area contributed by atoms with E-state index in [1.54, 1.807) is 24.3 Å². The van der Waals surface area contributed by atoms with Gasteiger partial charge < -0.3 is 9.42 Å². The Morgan fingerprint density at radius 1 is 0.967 bits per heavy atom. The van der Waals surface area contributed by atoms with Crippen molar-refractivity contribution in [2.75, 3.05) is 0 Å². The zero-order valence-corrected chi connectivity index (χ0v) is 18.9. The Balaban J connectivity index is 1.85. The summed E-state index contributed by atoms with van der Waals surface area (Å²) in [5.41, 5.74) is 1.07. The lowest BCUT2D eigenvalue weighted by molar-refractivity contribution is 0.195. The van der Waals surface area contributed by atoms with E-state index >= 15 is 0 Å². The number of fused-ring (bicyclic) bond motifs is 1. The number of rotatable bonds is 5. The third-order valence-electron chi connectivity index (χ3n) is 6.63. The van der Waals surface area contributed by atoms with Gasteiger partial charge in [-0.05, 0) is 59.6 Å². The average molecular weight is 423 g/mol. The molecular weight excluding hydrogens is 391 g/mol. The van der Waals surface area contributed by atoms with E-state index in [1.807, 2.05) is 30.3 Å². The van der Waals surface area contributed by atoms with Crippen molar-refractivity contribution in [3.63, 3.8) is 0 Å². The molecule has 158 valence electrons. The van der Waals surface area contributed by atoms with Gasteiger partial charge in [-0.3, -0.25) is 0 Å². The smallest absolute Gasteiger partial charge is 0.408 e. The summed E-state index contributed by atoms with van der Waals surface area (Å²) < 4.78 is 19.3. The Bertz CT molecular complexity index is 1060. The van der Waals surface area contributed by atoms with Crippen LogP contribution >= 0.6 is 7.60 Å². The van der Waals surface area contributed by atoms with E-state index < -0.39 is 7.60 Å². The molecule has 3 nitrogen and oxygen atoms in total. The molecule has 0 bridgehead atoms. The molecule has 4 atom stereocenters. The van der Waals surface area contributed by atoms with Crippen LogP contribution < -0.4 is 9.83 Å². The fourth-order valence-corrected chi connectivity index (χ4v) is 6.11. The maximum atomic E-state index is 13.3. The molecule has 0 aliphatic heterocycles. The summed E-state index contributed by atoms with van der Waals surface area (Å²) in [6, 6.07) is 20.9. The highest BCUT2D eigenvalue weighted by molar-refractivity contribution is 7.61. The van der Waals surface area contributed by atoms with Gasteiger partial charge in [-0.2, -0.15) is 0 Å². The molecule has 1 N–H and O–H groups in total. The van der Waals surface area contributed by atoms with Gasteiger partial charge in [0.25, 0.3) is 0 Å². The Morgan fingerprint density at radius 2 is 1.67 bits per heavy atom. The Hall–Kier alpha value is -2.09. The van der Waals surface area contributed by atoms with Crippen molar-refractivity contribution in [2.24, 2.45) is 17.8 Å². The quantitative estimate of drug-likeness (QED) is 0.455. The molecule has 0 amide bonds. The van der Waals surface area contributed by atoms with E-state index in [-0.39, 0.29) is 0 Å². The number of benzene rings is 3. The van der Waals surface area contributed by atoms with Crippen molar-refractivity contribution in [2.45, 2.75) is 46.0 Å². The molecule has 1 aliphatic carbocycles. The van der Waals surface area contributed by atoms with E-state index in [9.17, 15) is 9.46 Å². The van der Waals surface area contributed by atoms with Crippen molar-refractivity contribution in [1.82, 2.24) is 0 Å². The first-order chi connectivity index (χ1) is 14.4. The van der Waals surface area contributed by atoms with Crippen LogP contribution in [-0.4, -0.2) is 4.89 Å². The Labute approximate surface area is 179 Å². The molecule has 0 radical (unpaired) electrons. The van der Waals surface area contributed by atoms with E-state index in [4.69, 9.17) is 4.52 Å². The van der Waals surface area contributed by atoms with Crippen LogP contribution in [0, 0.1) is 17.8 Å². The first-order valence-electron chi connectivity index (χ1n) is 11.0. The summed E-state index contributed by atoms with van der Waals surface area (Å²) in [5.74, 6) is 2.63. The largest absolute Gasteiger partial charge is 0.420 e. The van der Waals surface area contributed by atoms with Crippen LogP contribution in [0.25, 0.3) is 10.8 Å². The number of hydrogen-bond donors (Lipinski definition) is 1. The maximum Gasteiger partial charge on any atom is 0.408 e. The van der Waals surface area contributed by atoms with Crippen LogP contribution in [0.2, 0.25) is 0 Å². The summed E-state index contributed by atoms with van der Waals surface area (Å²) in [6.07, 6.45) is 3.51. The number of hydrogen-bond acceptors (Lipinski definition) is 2. The van der Waals surface area contributed by atoms with Crippen LogP contribution in [0.5, 0.6) is 5.75 Å². The van der Waals surface area contributed by atoms with Crippen molar-refractivity contribution in [3.8, 4) is 5.75 Å². The lowest BCUT2D eigenvalue weighted by atomic mass is 9.67. The van der Waals surface area contributed by atoms with Gasteiger partial charge in [-0.25, -0.2) is 4.57 Å². The summed E-state index contributed by atoms with van der Waals surface area (Å²) >= 11 is 0. The van der Waals surface area contributed by atoms with Crippen LogP contribution in [0.15, 0.2) is 66.7 Å². The molecule has 0 aromatic heterocycles. The molecule has 4 heteroatoms. The second-order valence-corrected chi connectivity index (χ2v) is 10.8. The van der Waals surface area contributed by atoms with E-state index in [1.165, 1.54) is 12.8 Å². The molecule has 1 saturated carbocycles. The molecule has 4 rings (SSSR count). The maximum absolute atomic E-state index is 13.3. The van der Waals surface area contributed by atoms with Crippen molar-refractivity contribution < 1.29 is 14.0 Å². The monoisotopic (exact) mass is 422 g/mol. The topological polar surface area (TPSA) is 46.5 Å². The van der Waals surface area contributed by atoms with Crippen molar-refractivity contribution in [3.05, 3.63) is 72.3 Å². The Morgan fingerprint density at radius 3 is 2.40 bits per heavy atom. The van der Waals surface area contributed by atoms with Gasteiger partial charge >= 0.3 is 7.60 Å². The minimum atomic E-state index is -4.01. The second-order valence-electron chi connectivity index (χ2n) is 9.08. The fraction of sp³-hybridized carbons (Fsp3) is 0.385. The lowest BCUT2D eigenvalue weighted by Crippen LogP contribution is -2.26. The van der Waals surface area contributed by atoms with Crippen LogP contribution in [0.3, 0.4) is 0 Å². The molecule has 0 heterocycles. The SMILES string of the molecule is CC(C)[C@@H]1CC[C@@H](C)C[C@H]1c1ccc2ccccc2c1OP(=O)(O)c1ccccc1. The highest BCUT2D eigenvalue weighted by Crippen LogP contribution is 2.52. The molecule has 3 aromatic carbocycles. The van der Waals surface area contributed by atoms with Gasteiger partial charge in [-0.1, -0.05) is 81.8 Å². The standard InChI is InChI=1S/C26H31O3P/c1-18(2)22-15-13-19(3)17-25(22)24-16-14-20-9-7-8-12-23(20)26(24)29-30(27,28)21-10-5-4-6-11-21/h4-12,14,16,18-19,22,25H,13,15,17H2,1-3H3,(H,27,28)/t19-,22+,25-/m1/s1. The third-order valence-corrected chi connectivity index (χ3v) is 8.01. The first kappa shape index (κ1) is 21.2. The molecule has 1 unspecified atom stereocenters. The molecule has 30 heavy (non-hydrogen) atoms. The zero-order chi connectivity index (χ0) is 21.3. The fourth-order valence-electron chi connectivity index (χ4n) is 5.01. The molecular formula is C26H31O3P. The first-order valence-corrected chi connectivity index (χ1v) is 12.5. The minimum Gasteiger partial charge on any atom is -0.420 e. The summed E-state index contributed by atoms with van der Waals surface area (Å²) in [5, 5.41) is 2.25. The second kappa shape index (κ2) is 8.57. The minimum absolute atomic E-state index is 0.321. The van der Waals surface area contributed by atoms with E-state index in [0.717, 1.165) is 22.8 Å². The normalized spacial score (nSPS) is 24.0. The highest BCUT2D eigenvalue weighted by atomic mass is 31.2. The van der Waals surface area contributed by atoms with Crippen LogP contribution in [0.4, 0.5) is 0 Å². The van der Waals surface area contributed by atoms with E-state index in [2.05, 4.69) is 32.9 Å². The van der Waals surface area contributed by atoms with Gasteiger partial charge in [0.15, 0.2) is 0 Å². The molecule has 3 aromatic rings. The van der Waals surface area contributed by atoms with Crippen molar-refractivity contribution >= 4 is 23.7 Å².